The molecule has 0 spiro atoms. The van der Waals surface area contributed by atoms with Crippen LogP contribution in [0.4, 0.5) is 10.1 Å². The second kappa shape index (κ2) is 14.0. The molecule has 0 aliphatic carbocycles. The lowest BCUT2D eigenvalue weighted by molar-refractivity contribution is -0.139. The molecule has 3 rings (SSSR count). The maximum Gasteiger partial charge on any atom is 0.264 e. The van der Waals surface area contributed by atoms with Crippen LogP contribution in [0, 0.1) is 5.82 Å². The summed E-state index contributed by atoms with van der Waals surface area (Å²) in [5.41, 5.74) is 0.329. The Labute approximate surface area is 240 Å². The lowest BCUT2D eigenvalue weighted by Gasteiger charge is -2.32. The number of benzene rings is 3. The number of hydrogen-bond donors (Lipinski definition) is 1. The maximum absolute atomic E-state index is 14.7. The molecule has 0 heterocycles. The topological polar surface area (TPSA) is 105 Å². The molecule has 0 aliphatic rings. The van der Waals surface area contributed by atoms with Gasteiger partial charge in [0, 0.05) is 24.2 Å². The van der Waals surface area contributed by atoms with E-state index in [0.29, 0.717) is 12.2 Å². The Balaban J connectivity index is 2.08. The predicted molar refractivity (Wildman–Crippen MR) is 155 cm³/mol. The van der Waals surface area contributed by atoms with Crippen molar-refractivity contribution in [1.82, 2.24) is 10.2 Å². The normalized spacial score (nSPS) is 12.6. The highest BCUT2D eigenvalue weighted by Gasteiger charge is 2.33. The average Bonchev–Trinajstić information content (AvgIpc) is 2.98. The lowest BCUT2D eigenvalue weighted by Crippen LogP contribution is -2.52. The summed E-state index contributed by atoms with van der Waals surface area (Å²) in [6, 6.07) is 16.9. The van der Waals surface area contributed by atoms with E-state index in [1.807, 2.05) is 13.8 Å². The first-order valence-corrected chi connectivity index (χ1v) is 14.6. The monoisotopic (exact) mass is 585 g/mol. The molecule has 2 amide bonds. The summed E-state index contributed by atoms with van der Waals surface area (Å²) >= 11 is 0. The minimum atomic E-state index is -4.26. The molecule has 41 heavy (non-hydrogen) atoms. The standard InChI is InChI=1S/C30H36FN3O6S/c1-6-21(2)32-30(36)22(3)33(19-23-12-10-11-15-26(23)31)29(35)20-34(41(37,38)25-13-8-7-9-14-25)24-16-17-27(39-4)28(18-24)40-5/h7-18,21-22H,6,19-20H2,1-5H3,(H,32,36). The van der Waals surface area contributed by atoms with Crippen LogP contribution in [-0.2, 0) is 26.2 Å². The fourth-order valence-corrected chi connectivity index (χ4v) is 5.51. The maximum atomic E-state index is 14.7. The van der Waals surface area contributed by atoms with Crippen LogP contribution < -0.4 is 19.1 Å². The van der Waals surface area contributed by atoms with Crippen LogP contribution in [0.3, 0.4) is 0 Å². The zero-order chi connectivity index (χ0) is 30.2. The average molecular weight is 586 g/mol. The first-order valence-electron chi connectivity index (χ1n) is 13.2. The van der Waals surface area contributed by atoms with Gasteiger partial charge in [0.1, 0.15) is 18.4 Å². The van der Waals surface area contributed by atoms with E-state index < -0.39 is 40.2 Å². The summed E-state index contributed by atoms with van der Waals surface area (Å²) in [6.45, 7) is 4.36. The molecule has 0 aromatic heterocycles. The van der Waals surface area contributed by atoms with Gasteiger partial charge in [-0.3, -0.25) is 13.9 Å². The van der Waals surface area contributed by atoms with Crippen LogP contribution in [0.2, 0.25) is 0 Å². The lowest BCUT2D eigenvalue weighted by atomic mass is 10.1. The number of amides is 2. The molecule has 2 unspecified atom stereocenters. The van der Waals surface area contributed by atoms with Crippen molar-refractivity contribution in [2.24, 2.45) is 0 Å². The largest absolute Gasteiger partial charge is 0.493 e. The smallest absolute Gasteiger partial charge is 0.264 e. The molecule has 3 aromatic rings. The summed E-state index contributed by atoms with van der Waals surface area (Å²) in [5, 5.41) is 2.85. The zero-order valence-electron chi connectivity index (χ0n) is 23.8. The van der Waals surface area contributed by atoms with Gasteiger partial charge in [-0.25, -0.2) is 12.8 Å². The number of nitrogens with zero attached hydrogens (tertiary/aromatic N) is 2. The van der Waals surface area contributed by atoms with Crippen molar-refractivity contribution in [2.75, 3.05) is 25.1 Å². The van der Waals surface area contributed by atoms with Crippen LogP contribution in [0.15, 0.2) is 77.7 Å². The van der Waals surface area contributed by atoms with Gasteiger partial charge in [0.05, 0.1) is 24.8 Å². The molecule has 11 heteroatoms. The Hall–Kier alpha value is -4.12. The summed E-state index contributed by atoms with van der Waals surface area (Å²) in [4.78, 5) is 28.2. The van der Waals surface area contributed by atoms with E-state index in [-0.39, 0.29) is 34.5 Å². The summed E-state index contributed by atoms with van der Waals surface area (Å²) in [7, 11) is -1.40. The van der Waals surface area contributed by atoms with Gasteiger partial charge in [0.25, 0.3) is 10.0 Å². The molecule has 0 bridgehead atoms. The second-order valence-corrected chi connectivity index (χ2v) is 11.3. The van der Waals surface area contributed by atoms with Crippen molar-refractivity contribution in [3.63, 3.8) is 0 Å². The second-order valence-electron chi connectivity index (χ2n) is 9.47. The molecular weight excluding hydrogens is 549 g/mol. The molecular formula is C30H36FN3O6S. The number of carbonyl (C=O) groups excluding carboxylic acids is 2. The van der Waals surface area contributed by atoms with Gasteiger partial charge in [0.15, 0.2) is 11.5 Å². The van der Waals surface area contributed by atoms with Crippen LogP contribution in [0.25, 0.3) is 0 Å². The highest BCUT2D eigenvalue weighted by Crippen LogP contribution is 2.34. The van der Waals surface area contributed by atoms with Gasteiger partial charge in [-0.05, 0) is 50.6 Å². The van der Waals surface area contributed by atoms with Crippen LogP contribution in [-0.4, -0.2) is 58.0 Å². The third-order valence-electron chi connectivity index (χ3n) is 6.73. The van der Waals surface area contributed by atoms with Gasteiger partial charge in [-0.2, -0.15) is 0 Å². The number of halogens is 1. The van der Waals surface area contributed by atoms with Gasteiger partial charge in [-0.15, -0.1) is 0 Å². The van der Waals surface area contributed by atoms with Crippen LogP contribution >= 0.6 is 0 Å². The highest BCUT2D eigenvalue weighted by atomic mass is 32.2. The van der Waals surface area contributed by atoms with Crippen molar-refractivity contribution >= 4 is 27.5 Å². The molecule has 1 N–H and O–H groups in total. The molecule has 0 saturated heterocycles. The fourth-order valence-electron chi connectivity index (χ4n) is 4.09. The minimum Gasteiger partial charge on any atom is -0.493 e. The number of nitrogens with one attached hydrogen (secondary N) is 1. The number of carbonyl (C=O) groups is 2. The molecule has 0 radical (unpaired) electrons. The molecule has 3 aromatic carbocycles. The van der Waals surface area contributed by atoms with Crippen molar-refractivity contribution < 1.29 is 31.9 Å². The number of hydrogen-bond acceptors (Lipinski definition) is 6. The predicted octanol–water partition coefficient (Wildman–Crippen LogP) is 4.37. The Morgan fingerprint density at radius 2 is 1.56 bits per heavy atom. The molecule has 0 fully saturated rings. The SMILES string of the molecule is CCC(C)NC(=O)C(C)N(Cc1ccccc1F)C(=O)CN(c1ccc(OC)c(OC)c1)S(=O)(=O)c1ccccc1. The molecule has 0 aliphatic heterocycles. The number of ether oxygens (including phenoxy) is 2. The van der Waals surface area contributed by atoms with E-state index in [0.717, 1.165) is 4.31 Å². The van der Waals surface area contributed by atoms with E-state index in [4.69, 9.17) is 9.47 Å². The van der Waals surface area contributed by atoms with Gasteiger partial charge >= 0.3 is 0 Å². The van der Waals surface area contributed by atoms with E-state index in [1.165, 1.54) is 74.6 Å². The number of methoxy groups -OCH3 is 2. The van der Waals surface area contributed by atoms with Gasteiger partial charge < -0.3 is 19.7 Å². The molecule has 0 saturated carbocycles. The Kier molecular flexibility index (Phi) is 10.7. The summed E-state index contributed by atoms with van der Waals surface area (Å²) < 4.78 is 54.0. The van der Waals surface area contributed by atoms with Crippen molar-refractivity contribution in [3.05, 3.63) is 84.2 Å². The van der Waals surface area contributed by atoms with Crippen LogP contribution in [0.5, 0.6) is 11.5 Å². The number of rotatable bonds is 13. The molecule has 220 valence electrons. The number of anilines is 1. The summed E-state index contributed by atoms with van der Waals surface area (Å²) in [6.07, 6.45) is 0.669. The van der Waals surface area contributed by atoms with E-state index >= 15 is 0 Å². The molecule has 2 atom stereocenters. The van der Waals surface area contributed by atoms with Gasteiger partial charge in [0.2, 0.25) is 11.8 Å². The fraction of sp³-hybridized carbons (Fsp3) is 0.333. The first-order chi connectivity index (χ1) is 19.5. The highest BCUT2D eigenvalue weighted by molar-refractivity contribution is 7.92. The minimum absolute atomic E-state index is 0.0363. The van der Waals surface area contributed by atoms with E-state index in [2.05, 4.69) is 5.32 Å². The zero-order valence-corrected chi connectivity index (χ0v) is 24.7. The van der Waals surface area contributed by atoms with Crippen LogP contribution in [0.1, 0.15) is 32.8 Å². The Morgan fingerprint density at radius 1 is 0.927 bits per heavy atom. The first kappa shape index (κ1) is 31.4. The van der Waals surface area contributed by atoms with Crippen molar-refractivity contribution in [2.45, 2.75) is 50.7 Å². The van der Waals surface area contributed by atoms with Crippen molar-refractivity contribution in [1.29, 1.82) is 0 Å². The third kappa shape index (κ3) is 7.55. The Bertz CT molecular complexity index is 1450. The number of sulfonamides is 1. The van der Waals surface area contributed by atoms with E-state index in [9.17, 15) is 22.4 Å². The van der Waals surface area contributed by atoms with E-state index in [1.54, 1.807) is 24.3 Å². The van der Waals surface area contributed by atoms with Gasteiger partial charge in [-0.1, -0.05) is 43.3 Å². The summed E-state index contributed by atoms with van der Waals surface area (Å²) in [5.74, 6) is -1.05. The molecule has 9 nitrogen and oxygen atoms in total. The third-order valence-corrected chi connectivity index (χ3v) is 8.52. The van der Waals surface area contributed by atoms with Crippen molar-refractivity contribution in [3.8, 4) is 11.5 Å². The Morgan fingerprint density at radius 3 is 2.17 bits per heavy atom. The quantitative estimate of drug-likeness (QED) is 0.320.